The van der Waals surface area contributed by atoms with E-state index in [9.17, 15) is 9.59 Å². The highest BCUT2D eigenvalue weighted by atomic mass is 16.5. The third-order valence-electron chi connectivity index (χ3n) is 5.58. The summed E-state index contributed by atoms with van der Waals surface area (Å²) in [6.45, 7) is 2.37. The van der Waals surface area contributed by atoms with Crippen LogP contribution < -0.4 is 15.4 Å². The number of hydrogen-bond acceptors (Lipinski definition) is 4. The summed E-state index contributed by atoms with van der Waals surface area (Å²) in [4.78, 5) is 24.0. The first-order valence-corrected chi connectivity index (χ1v) is 9.95. The highest BCUT2D eigenvalue weighted by Gasteiger charge is 2.39. The molecule has 1 aromatic heterocycles. The molecule has 2 aromatic carbocycles. The number of carbonyl (C=O) groups is 2. The van der Waals surface area contributed by atoms with Gasteiger partial charge in [-0.1, -0.05) is 30.3 Å². The van der Waals surface area contributed by atoms with E-state index in [1.54, 1.807) is 13.0 Å². The highest BCUT2D eigenvalue weighted by Crippen LogP contribution is 2.34. The third-order valence-corrected chi connectivity index (χ3v) is 5.58. The summed E-state index contributed by atoms with van der Waals surface area (Å²) in [5.74, 6) is 0.897. The number of carbonyl (C=O) groups excluding carboxylic acids is 1. The van der Waals surface area contributed by atoms with Crippen LogP contribution in [0.5, 0.6) is 5.75 Å². The number of amides is 2. The first-order chi connectivity index (χ1) is 14.5. The Morgan fingerprint density at radius 3 is 2.60 bits per heavy atom. The van der Waals surface area contributed by atoms with E-state index in [0.717, 1.165) is 24.8 Å². The van der Waals surface area contributed by atoms with Crippen molar-refractivity contribution in [2.24, 2.45) is 0 Å². The molecule has 30 heavy (non-hydrogen) atoms. The van der Waals surface area contributed by atoms with E-state index in [1.165, 1.54) is 0 Å². The Labute approximate surface area is 174 Å². The molecule has 1 fully saturated rings. The average Bonchev–Trinajstić information content (AvgIpc) is 3.04. The van der Waals surface area contributed by atoms with Gasteiger partial charge in [0, 0.05) is 11.9 Å². The zero-order chi connectivity index (χ0) is 21.1. The molecule has 0 radical (unpaired) electrons. The van der Waals surface area contributed by atoms with E-state index in [1.807, 2.05) is 42.5 Å². The normalized spacial score (nSPS) is 14.7. The monoisotopic (exact) mass is 408 g/mol. The van der Waals surface area contributed by atoms with Crippen LogP contribution in [0.3, 0.4) is 0 Å². The van der Waals surface area contributed by atoms with Crippen molar-refractivity contribution in [2.45, 2.75) is 38.3 Å². The van der Waals surface area contributed by atoms with Crippen LogP contribution >= 0.6 is 0 Å². The summed E-state index contributed by atoms with van der Waals surface area (Å²) >= 11 is 0. The standard InChI is InChI=1S/C23H24N2O5/c1-15-20(21(26)25-23(10-5-11-23)14-24-22(27)28)18-12-17(8-9-19(18)30-15)29-13-16-6-3-2-4-7-16/h2-4,6-9,12,24H,5,10-11,13-14H2,1H3,(H,25,26)(H,27,28). The van der Waals surface area contributed by atoms with E-state index in [-0.39, 0.29) is 12.5 Å². The molecular weight excluding hydrogens is 384 g/mol. The largest absolute Gasteiger partial charge is 0.489 e. The van der Waals surface area contributed by atoms with Crippen LogP contribution in [-0.4, -0.2) is 29.2 Å². The molecule has 0 unspecified atom stereocenters. The zero-order valence-corrected chi connectivity index (χ0v) is 16.7. The SMILES string of the molecule is Cc1oc2ccc(OCc3ccccc3)cc2c1C(=O)NC1(CNC(=O)O)CCC1. The lowest BCUT2D eigenvalue weighted by Gasteiger charge is -2.42. The molecule has 0 saturated heterocycles. The molecule has 0 spiro atoms. The molecule has 7 heteroatoms. The minimum atomic E-state index is -1.10. The van der Waals surface area contributed by atoms with Gasteiger partial charge in [-0.3, -0.25) is 4.79 Å². The predicted molar refractivity (Wildman–Crippen MR) is 112 cm³/mol. The molecule has 0 bridgehead atoms. The molecular formula is C23H24N2O5. The minimum Gasteiger partial charge on any atom is -0.489 e. The topological polar surface area (TPSA) is 101 Å². The molecule has 1 saturated carbocycles. The number of furan rings is 1. The molecule has 1 aliphatic rings. The lowest BCUT2D eigenvalue weighted by molar-refractivity contribution is 0.0821. The van der Waals surface area contributed by atoms with Crippen molar-refractivity contribution in [1.82, 2.24) is 10.6 Å². The minimum absolute atomic E-state index is 0.189. The predicted octanol–water partition coefficient (Wildman–Crippen LogP) is 4.24. The summed E-state index contributed by atoms with van der Waals surface area (Å²) in [6.07, 6.45) is 1.32. The molecule has 7 nitrogen and oxygen atoms in total. The van der Waals surface area contributed by atoms with Crippen molar-refractivity contribution in [3.63, 3.8) is 0 Å². The lowest BCUT2D eigenvalue weighted by Crippen LogP contribution is -2.59. The molecule has 156 valence electrons. The fraction of sp³-hybridized carbons (Fsp3) is 0.304. The first-order valence-electron chi connectivity index (χ1n) is 9.95. The van der Waals surface area contributed by atoms with Gasteiger partial charge in [-0.2, -0.15) is 0 Å². The Hall–Kier alpha value is -3.48. The van der Waals surface area contributed by atoms with Crippen molar-refractivity contribution >= 4 is 23.0 Å². The third kappa shape index (κ3) is 4.10. The molecule has 1 aliphatic carbocycles. The van der Waals surface area contributed by atoms with Gasteiger partial charge in [0.2, 0.25) is 0 Å². The summed E-state index contributed by atoms with van der Waals surface area (Å²) in [6, 6.07) is 15.3. The van der Waals surface area contributed by atoms with E-state index >= 15 is 0 Å². The van der Waals surface area contributed by atoms with Crippen LogP contribution in [0.1, 0.15) is 40.9 Å². The van der Waals surface area contributed by atoms with Crippen molar-refractivity contribution in [1.29, 1.82) is 0 Å². The number of rotatable bonds is 7. The summed E-state index contributed by atoms with van der Waals surface area (Å²) in [5.41, 5.74) is 1.57. The van der Waals surface area contributed by atoms with Gasteiger partial charge in [0.15, 0.2) is 0 Å². The van der Waals surface area contributed by atoms with Gasteiger partial charge in [-0.15, -0.1) is 0 Å². The molecule has 3 N–H and O–H groups in total. The molecule has 3 aromatic rings. The molecule has 0 atom stereocenters. The zero-order valence-electron chi connectivity index (χ0n) is 16.7. The summed E-state index contributed by atoms with van der Waals surface area (Å²) < 4.78 is 11.7. The van der Waals surface area contributed by atoms with E-state index in [0.29, 0.717) is 34.6 Å². The Morgan fingerprint density at radius 1 is 1.17 bits per heavy atom. The Bertz CT molecular complexity index is 1070. The second-order valence-corrected chi connectivity index (χ2v) is 7.71. The molecule has 1 heterocycles. The number of carboxylic acid groups (broad SMARTS) is 1. The fourth-order valence-electron chi connectivity index (χ4n) is 3.81. The number of benzene rings is 2. The van der Waals surface area contributed by atoms with Crippen molar-refractivity contribution < 1.29 is 23.8 Å². The van der Waals surface area contributed by atoms with Crippen molar-refractivity contribution in [3.8, 4) is 5.75 Å². The number of fused-ring (bicyclic) bond motifs is 1. The quantitative estimate of drug-likeness (QED) is 0.543. The number of ether oxygens (including phenoxy) is 1. The Morgan fingerprint density at radius 2 is 1.93 bits per heavy atom. The van der Waals surface area contributed by atoms with Gasteiger partial charge < -0.3 is 24.9 Å². The van der Waals surface area contributed by atoms with Gasteiger partial charge in [0.1, 0.15) is 23.7 Å². The van der Waals surface area contributed by atoms with Crippen LogP contribution in [0, 0.1) is 6.92 Å². The maximum absolute atomic E-state index is 13.1. The first kappa shape index (κ1) is 19.8. The maximum Gasteiger partial charge on any atom is 0.404 e. The van der Waals surface area contributed by atoms with Gasteiger partial charge in [0.25, 0.3) is 5.91 Å². The van der Waals surface area contributed by atoms with E-state index in [4.69, 9.17) is 14.3 Å². The van der Waals surface area contributed by atoms with Crippen LogP contribution in [0.4, 0.5) is 4.79 Å². The second-order valence-electron chi connectivity index (χ2n) is 7.71. The number of hydrogen-bond donors (Lipinski definition) is 3. The Balaban J connectivity index is 1.54. The maximum atomic E-state index is 13.1. The number of aryl methyl sites for hydroxylation is 1. The summed E-state index contributed by atoms with van der Waals surface area (Å²) in [7, 11) is 0. The van der Waals surface area contributed by atoms with Gasteiger partial charge in [-0.25, -0.2) is 4.79 Å². The van der Waals surface area contributed by atoms with Crippen LogP contribution in [0.15, 0.2) is 52.9 Å². The van der Waals surface area contributed by atoms with Crippen molar-refractivity contribution in [3.05, 3.63) is 65.4 Å². The number of nitrogens with one attached hydrogen (secondary N) is 2. The molecule has 4 rings (SSSR count). The highest BCUT2D eigenvalue weighted by molar-refractivity contribution is 6.07. The smallest absolute Gasteiger partial charge is 0.404 e. The lowest BCUT2D eigenvalue weighted by atomic mass is 9.76. The van der Waals surface area contributed by atoms with Gasteiger partial charge in [-0.05, 0) is 49.9 Å². The van der Waals surface area contributed by atoms with E-state index < -0.39 is 11.6 Å². The summed E-state index contributed by atoms with van der Waals surface area (Å²) in [5, 5.41) is 15.0. The Kier molecular flexibility index (Phi) is 5.35. The van der Waals surface area contributed by atoms with Crippen LogP contribution in [0.2, 0.25) is 0 Å². The second kappa shape index (κ2) is 8.10. The van der Waals surface area contributed by atoms with Crippen molar-refractivity contribution in [2.75, 3.05) is 6.54 Å². The molecule has 0 aliphatic heterocycles. The van der Waals surface area contributed by atoms with E-state index in [2.05, 4.69) is 10.6 Å². The molecule has 2 amide bonds. The van der Waals surface area contributed by atoms with Gasteiger partial charge >= 0.3 is 6.09 Å². The fourth-order valence-corrected chi connectivity index (χ4v) is 3.81. The van der Waals surface area contributed by atoms with Crippen LogP contribution in [0.25, 0.3) is 11.0 Å². The average molecular weight is 408 g/mol. The van der Waals surface area contributed by atoms with Gasteiger partial charge in [0.05, 0.1) is 11.1 Å². The van der Waals surface area contributed by atoms with Crippen LogP contribution in [-0.2, 0) is 6.61 Å².